The average Bonchev–Trinajstić information content (AvgIpc) is 2.51. The van der Waals surface area contributed by atoms with Crippen molar-refractivity contribution in [3.63, 3.8) is 0 Å². The van der Waals surface area contributed by atoms with Crippen molar-refractivity contribution in [1.82, 2.24) is 0 Å². The molecule has 0 aromatic rings. The van der Waals surface area contributed by atoms with Gasteiger partial charge in [0.25, 0.3) is 0 Å². The molecule has 130 valence electrons. The van der Waals surface area contributed by atoms with Crippen molar-refractivity contribution < 1.29 is 15.0 Å². The zero-order chi connectivity index (χ0) is 17.2. The topological polar surface area (TPSA) is 57.5 Å². The van der Waals surface area contributed by atoms with Gasteiger partial charge in [0.2, 0.25) is 0 Å². The highest BCUT2D eigenvalue weighted by Crippen LogP contribution is 2.03. The van der Waals surface area contributed by atoms with Gasteiger partial charge in [0, 0.05) is 6.42 Å². The Hall–Kier alpha value is -1.61. The number of hydrogen-bond donors (Lipinski definition) is 2. The number of carboxylic acid groups (broad SMARTS) is 1. The Labute approximate surface area is 141 Å². The second-order valence-corrected chi connectivity index (χ2v) is 5.58. The minimum atomic E-state index is -0.816. The number of rotatable bonds is 14. The summed E-state index contributed by atoms with van der Waals surface area (Å²) < 4.78 is 0. The van der Waals surface area contributed by atoms with Crippen LogP contribution in [0.15, 0.2) is 48.6 Å². The predicted molar refractivity (Wildman–Crippen MR) is 97.4 cm³/mol. The van der Waals surface area contributed by atoms with E-state index in [0.29, 0.717) is 12.8 Å². The largest absolute Gasteiger partial charge is 0.481 e. The summed E-state index contributed by atoms with van der Waals surface area (Å²) >= 11 is 0. The lowest BCUT2D eigenvalue weighted by Crippen LogP contribution is -2.03. The molecule has 0 fully saturated rings. The molecule has 0 heterocycles. The fraction of sp³-hybridized carbons (Fsp3) is 0.550. The highest BCUT2D eigenvalue weighted by atomic mass is 16.4. The molecule has 0 radical (unpaired) electrons. The minimum absolute atomic E-state index is 0.110. The van der Waals surface area contributed by atoms with Crippen LogP contribution in [0, 0.1) is 0 Å². The van der Waals surface area contributed by atoms with E-state index >= 15 is 0 Å². The molecule has 2 N–H and O–H groups in total. The van der Waals surface area contributed by atoms with Crippen LogP contribution in [-0.4, -0.2) is 22.3 Å². The quantitative estimate of drug-likeness (QED) is 0.263. The summed E-state index contributed by atoms with van der Waals surface area (Å²) in [5.74, 6) is -0.816. The van der Waals surface area contributed by atoms with E-state index in [0.717, 1.165) is 12.8 Å². The fourth-order valence-electron chi connectivity index (χ4n) is 1.98. The van der Waals surface area contributed by atoms with E-state index in [1.807, 2.05) is 18.2 Å². The van der Waals surface area contributed by atoms with Gasteiger partial charge in [-0.1, -0.05) is 68.4 Å². The van der Waals surface area contributed by atoms with Crippen molar-refractivity contribution >= 4 is 5.97 Å². The third-order valence-electron chi connectivity index (χ3n) is 3.32. The molecular formula is C20H32O3. The maximum atomic E-state index is 10.3. The lowest BCUT2D eigenvalue weighted by Gasteiger charge is -2.02. The van der Waals surface area contributed by atoms with E-state index in [1.54, 1.807) is 6.08 Å². The monoisotopic (exact) mass is 320 g/mol. The molecule has 0 rings (SSSR count). The van der Waals surface area contributed by atoms with Gasteiger partial charge in [-0.3, -0.25) is 4.79 Å². The van der Waals surface area contributed by atoms with Crippen LogP contribution in [0.1, 0.15) is 64.7 Å². The molecule has 0 spiro atoms. The predicted octanol–water partition coefficient (Wildman–Crippen LogP) is 5.19. The van der Waals surface area contributed by atoms with Crippen LogP contribution in [-0.2, 0) is 4.79 Å². The molecule has 0 aromatic heterocycles. The molecular weight excluding hydrogens is 288 g/mol. The van der Waals surface area contributed by atoms with Gasteiger partial charge in [0.05, 0.1) is 6.10 Å². The van der Waals surface area contributed by atoms with E-state index in [-0.39, 0.29) is 6.42 Å². The zero-order valence-corrected chi connectivity index (χ0v) is 14.4. The van der Waals surface area contributed by atoms with Crippen LogP contribution in [0.4, 0.5) is 0 Å². The van der Waals surface area contributed by atoms with Gasteiger partial charge >= 0.3 is 5.97 Å². The first-order valence-corrected chi connectivity index (χ1v) is 8.70. The molecule has 0 amide bonds. The molecule has 23 heavy (non-hydrogen) atoms. The Kier molecular flexibility index (Phi) is 15.6. The van der Waals surface area contributed by atoms with Crippen molar-refractivity contribution in [1.29, 1.82) is 0 Å². The van der Waals surface area contributed by atoms with Gasteiger partial charge in [-0.25, -0.2) is 0 Å². The molecule has 0 aliphatic carbocycles. The molecule has 3 heteroatoms. The Morgan fingerprint density at radius 1 is 0.957 bits per heavy atom. The van der Waals surface area contributed by atoms with Crippen molar-refractivity contribution in [2.75, 3.05) is 0 Å². The summed E-state index contributed by atoms with van der Waals surface area (Å²) in [4.78, 5) is 10.3. The van der Waals surface area contributed by atoms with Crippen molar-refractivity contribution in [3.8, 4) is 0 Å². The van der Waals surface area contributed by atoms with Crippen LogP contribution >= 0.6 is 0 Å². The number of aliphatic carboxylic acids is 1. The van der Waals surface area contributed by atoms with E-state index in [1.165, 1.54) is 25.7 Å². The van der Waals surface area contributed by atoms with Gasteiger partial charge in [-0.05, 0) is 38.5 Å². The van der Waals surface area contributed by atoms with Crippen LogP contribution in [0.25, 0.3) is 0 Å². The lowest BCUT2D eigenvalue weighted by atomic mass is 10.1. The molecule has 3 nitrogen and oxygen atoms in total. The second-order valence-electron chi connectivity index (χ2n) is 5.58. The Balaban J connectivity index is 3.59. The SMILES string of the molecule is CCCCCC=CCC=CC/C=C\C=C\[C@@H](O)CCCC(=O)O. The highest BCUT2D eigenvalue weighted by Gasteiger charge is 2.01. The Bertz CT molecular complexity index is 392. The van der Waals surface area contributed by atoms with E-state index in [4.69, 9.17) is 5.11 Å². The van der Waals surface area contributed by atoms with Gasteiger partial charge in [0.1, 0.15) is 0 Å². The first-order valence-electron chi connectivity index (χ1n) is 8.70. The number of unbranched alkanes of at least 4 members (excludes halogenated alkanes) is 3. The molecule has 0 unspecified atom stereocenters. The third kappa shape index (κ3) is 18.3. The molecule has 0 aromatic carbocycles. The fourth-order valence-corrected chi connectivity index (χ4v) is 1.98. The van der Waals surface area contributed by atoms with Crippen molar-refractivity contribution in [3.05, 3.63) is 48.6 Å². The number of aliphatic hydroxyl groups excluding tert-OH is 1. The number of allylic oxidation sites excluding steroid dienone is 7. The summed E-state index contributed by atoms with van der Waals surface area (Å²) in [6.07, 6.45) is 23.6. The summed E-state index contributed by atoms with van der Waals surface area (Å²) in [5.41, 5.74) is 0. The van der Waals surface area contributed by atoms with Crippen LogP contribution in [0.3, 0.4) is 0 Å². The minimum Gasteiger partial charge on any atom is -0.481 e. The summed E-state index contributed by atoms with van der Waals surface area (Å²) in [7, 11) is 0. The van der Waals surface area contributed by atoms with E-state index < -0.39 is 12.1 Å². The zero-order valence-electron chi connectivity index (χ0n) is 14.4. The van der Waals surface area contributed by atoms with Crippen LogP contribution in [0.5, 0.6) is 0 Å². The maximum Gasteiger partial charge on any atom is 0.303 e. The first-order chi connectivity index (χ1) is 11.2. The second kappa shape index (κ2) is 16.8. The Morgan fingerprint density at radius 3 is 2.35 bits per heavy atom. The van der Waals surface area contributed by atoms with Gasteiger partial charge < -0.3 is 10.2 Å². The first kappa shape index (κ1) is 21.4. The van der Waals surface area contributed by atoms with E-state index in [2.05, 4.69) is 31.2 Å². The molecule has 1 atom stereocenters. The molecule has 0 bridgehead atoms. The summed E-state index contributed by atoms with van der Waals surface area (Å²) in [6.45, 7) is 2.22. The smallest absolute Gasteiger partial charge is 0.303 e. The van der Waals surface area contributed by atoms with Gasteiger partial charge in [-0.15, -0.1) is 0 Å². The molecule has 0 aliphatic heterocycles. The van der Waals surface area contributed by atoms with Crippen molar-refractivity contribution in [2.24, 2.45) is 0 Å². The van der Waals surface area contributed by atoms with Gasteiger partial charge in [0.15, 0.2) is 0 Å². The lowest BCUT2D eigenvalue weighted by molar-refractivity contribution is -0.137. The molecule has 0 saturated carbocycles. The van der Waals surface area contributed by atoms with Crippen LogP contribution in [0.2, 0.25) is 0 Å². The molecule has 0 saturated heterocycles. The van der Waals surface area contributed by atoms with Gasteiger partial charge in [-0.2, -0.15) is 0 Å². The summed E-state index contributed by atoms with van der Waals surface area (Å²) in [5, 5.41) is 18.1. The Morgan fingerprint density at radius 2 is 1.65 bits per heavy atom. The van der Waals surface area contributed by atoms with Crippen LogP contribution < -0.4 is 0 Å². The maximum absolute atomic E-state index is 10.3. The number of carbonyl (C=O) groups is 1. The number of hydrogen-bond acceptors (Lipinski definition) is 2. The normalized spacial score (nSPS) is 13.8. The average molecular weight is 320 g/mol. The third-order valence-corrected chi connectivity index (χ3v) is 3.32. The molecule has 0 aliphatic rings. The number of aliphatic hydroxyl groups is 1. The van der Waals surface area contributed by atoms with Crippen molar-refractivity contribution in [2.45, 2.75) is 70.8 Å². The number of carboxylic acids is 1. The highest BCUT2D eigenvalue weighted by molar-refractivity contribution is 5.66. The standard InChI is InChI=1S/C20H32O3/c1-2-3-4-5-6-7-8-9-10-11-12-13-14-16-19(21)17-15-18-20(22)23/h6-7,9-10,12-14,16,19,21H,2-5,8,11,15,17-18H2,1H3,(H,22,23)/b7-6?,10-9?,13-12-,16-14+/t19-/m1/s1. The summed E-state index contributed by atoms with van der Waals surface area (Å²) in [6, 6.07) is 0. The van der Waals surface area contributed by atoms with E-state index in [9.17, 15) is 9.90 Å².